The van der Waals surface area contributed by atoms with Gasteiger partial charge in [0, 0.05) is 5.56 Å². The number of hydrogen-bond donors (Lipinski definition) is 1. The van der Waals surface area contributed by atoms with Crippen molar-refractivity contribution in [2.45, 2.75) is 26.4 Å². The van der Waals surface area contributed by atoms with Crippen LogP contribution in [0.2, 0.25) is 0 Å². The van der Waals surface area contributed by atoms with E-state index in [0.717, 1.165) is 29.7 Å². The standard InChI is InChI=1S/C17H19NOS/c1-2-3-13-6-10-16(11-7-13)19-12-14-4-8-15(9-5-14)17(18)20/h4-11H,2-3,12H2,1H3,(H2,18,20). The molecule has 3 heteroatoms. The van der Waals surface area contributed by atoms with Crippen LogP contribution in [-0.4, -0.2) is 4.99 Å². The molecule has 104 valence electrons. The Morgan fingerprint density at radius 2 is 1.60 bits per heavy atom. The third-order valence-corrected chi connectivity index (χ3v) is 3.34. The van der Waals surface area contributed by atoms with E-state index < -0.39 is 0 Å². The average molecular weight is 285 g/mol. The highest BCUT2D eigenvalue weighted by molar-refractivity contribution is 7.80. The fourth-order valence-corrected chi connectivity index (χ4v) is 2.11. The highest BCUT2D eigenvalue weighted by Gasteiger charge is 1.99. The Bertz CT molecular complexity index is 561. The second-order valence-electron chi connectivity index (χ2n) is 4.74. The van der Waals surface area contributed by atoms with E-state index in [-0.39, 0.29) is 0 Å². The van der Waals surface area contributed by atoms with Crippen LogP contribution in [0.4, 0.5) is 0 Å². The number of thiocarbonyl (C=S) groups is 1. The normalized spacial score (nSPS) is 10.2. The molecule has 0 saturated carbocycles. The smallest absolute Gasteiger partial charge is 0.119 e. The third-order valence-electron chi connectivity index (χ3n) is 3.11. The van der Waals surface area contributed by atoms with E-state index >= 15 is 0 Å². The van der Waals surface area contributed by atoms with Gasteiger partial charge in [-0.1, -0.05) is 62.0 Å². The topological polar surface area (TPSA) is 35.2 Å². The van der Waals surface area contributed by atoms with Crippen molar-refractivity contribution in [2.24, 2.45) is 5.73 Å². The Morgan fingerprint density at radius 1 is 1.00 bits per heavy atom. The molecule has 0 heterocycles. The second-order valence-corrected chi connectivity index (χ2v) is 5.18. The van der Waals surface area contributed by atoms with Crippen molar-refractivity contribution in [3.8, 4) is 5.75 Å². The Kier molecular flexibility index (Phi) is 5.13. The zero-order chi connectivity index (χ0) is 14.4. The number of rotatable bonds is 6. The third kappa shape index (κ3) is 4.07. The molecule has 0 saturated heterocycles. The van der Waals surface area contributed by atoms with Crippen molar-refractivity contribution >= 4 is 17.2 Å². The Labute approximate surface area is 125 Å². The van der Waals surface area contributed by atoms with Crippen LogP contribution < -0.4 is 10.5 Å². The van der Waals surface area contributed by atoms with Crippen LogP contribution in [0, 0.1) is 0 Å². The van der Waals surface area contributed by atoms with Crippen LogP contribution in [0.15, 0.2) is 48.5 Å². The van der Waals surface area contributed by atoms with Crippen LogP contribution in [0.3, 0.4) is 0 Å². The first kappa shape index (κ1) is 14.5. The summed E-state index contributed by atoms with van der Waals surface area (Å²) in [4.78, 5) is 0.420. The van der Waals surface area contributed by atoms with E-state index in [4.69, 9.17) is 22.7 Å². The molecule has 0 atom stereocenters. The molecule has 2 rings (SSSR count). The van der Waals surface area contributed by atoms with Crippen molar-refractivity contribution in [3.63, 3.8) is 0 Å². The minimum Gasteiger partial charge on any atom is -0.489 e. The second kappa shape index (κ2) is 7.06. The maximum atomic E-state index is 5.76. The Balaban J connectivity index is 1.92. The van der Waals surface area contributed by atoms with Gasteiger partial charge in [0.1, 0.15) is 17.3 Å². The average Bonchev–Trinajstić information content (AvgIpc) is 2.47. The minimum absolute atomic E-state index is 0.420. The first-order valence-electron chi connectivity index (χ1n) is 6.79. The lowest BCUT2D eigenvalue weighted by Gasteiger charge is -2.08. The van der Waals surface area contributed by atoms with E-state index in [9.17, 15) is 0 Å². The number of aryl methyl sites for hydroxylation is 1. The molecule has 0 aromatic heterocycles. The first-order chi connectivity index (χ1) is 9.69. The predicted octanol–water partition coefficient (Wildman–Crippen LogP) is 3.85. The monoisotopic (exact) mass is 285 g/mol. The molecule has 0 aliphatic carbocycles. The van der Waals surface area contributed by atoms with Gasteiger partial charge in [-0.3, -0.25) is 0 Å². The van der Waals surface area contributed by atoms with Gasteiger partial charge in [0.25, 0.3) is 0 Å². The number of hydrogen-bond acceptors (Lipinski definition) is 2. The summed E-state index contributed by atoms with van der Waals surface area (Å²) in [5, 5.41) is 0. The lowest BCUT2D eigenvalue weighted by Crippen LogP contribution is -2.09. The summed E-state index contributed by atoms with van der Waals surface area (Å²) in [5.74, 6) is 0.892. The molecule has 0 unspecified atom stereocenters. The predicted molar refractivity (Wildman–Crippen MR) is 87.1 cm³/mol. The van der Waals surface area contributed by atoms with Crippen molar-refractivity contribution in [2.75, 3.05) is 0 Å². The van der Waals surface area contributed by atoms with E-state index in [1.165, 1.54) is 5.56 Å². The van der Waals surface area contributed by atoms with Crippen LogP contribution in [0.1, 0.15) is 30.0 Å². The zero-order valence-electron chi connectivity index (χ0n) is 11.6. The summed E-state index contributed by atoms with van der Waals surface area (Å²) in [6.07, 6.45) is 2.27. The number of nitrogens with two attached hydrogens (primary N) is 1. The molecule has 2 N–H and O–H groups in total. The molecule has 0 aliphatic heterocycles. The molecule has 20 heavy (non-hydrogen) atoms. The summed E-state index contributed by atoms with van der Waals surface area (Å²) >= 11 is 4.93. The van der Waals surface area contributed by atoms with Crippen molar-refractivity contribution in [3.05, 3.63) is 65.2 Å². The summed E-state index contributed by atoms with van der Waals surface area (Å²) in [6.45, 7) is 2.73. The quantitative estimate of drug-likeness (QED) is 0.819. The summed E-state index contributed by atoms with van der Waals surface area (Å²) < 4.78 is 5.76. The number of ether oxygens (including phenoxy) is 1. The molecular weight excluding hydrogens is 266 g/mol. The highest BCUT2D eigenvalue weighted by Crippen LogP contribution is 2.15. The Hall–Kier alpha value is -1.87. The summed E-state index contributed by atoms with van der Waals surface area (Å²) in [5.41, 5.74) is 8.90. The largest absolute Gasteiger partial charge is 0.489 e. The van der Waals surface area contributed by atoms with Gasteiger partial charge in [-0.25, -0.2) is 0 Å². The van der Waals surface area contributed by atoms with Crippen LogP contribution in [-0.2, 0) is 13.0 Å². The van der Waals surface area contributed by atoms with Crippen LogP contribution >= 0.6 is 12.2 Å². The Morgan fingerprint density at radius 3 is 2.15 bits per heavy atom. The molecule has 0 bridgehead atoms. The van der Waals surface area contributed by atoms with Gasteiger partial charge in [-0.15, -0.1) is 0 Å². The first-order valence-corrected chi connectivity index (χ1v) is 7.20. The lowest BCUT2D eigenvalue weighted by molar-refractivity contribution is 0.306. The fraction of sp³-hybridized carbons (Fsp3) is 0.235. The zero-order valence-corrected chi connectivity index (χ0v) is 12.5. The van der Waals surface area contributed by atoms with Crippen molar-refractivity contribution in [1.82, 2.24) is 0 Å². The van der Waals surface area contributed by atoms with Gasteiger partial charge in [0.2, 0.25) is 0 Å². The van der Waals surface area contributed by atoms with E-state index in [1.807, 2.05) is 36.4 Å². The molecule has 0 aliphatic rings. The molecule has 0 fully saturated rings. The molecule has 0 amide bonds. The minimum atomic E-state index is 0.420. The van der Waals surface area contributed by atoms with Gasteiger partial charge in [0.05, 0.1) is 0 Å². The highest BCUT2D eigenvalue weighted by atomic mass is 32.1. The van der Waals surface area contributed by atoms with Gasteiger partial charge in [0.15, 0.2) is 0 Å². The van der Waals surface area contributed by atoms with Crippen LogP contribution in [0.25, 0.3) is 0 Å². The maximum absolute atomic E-state index is 5.76. The molecule has 2 nitrogen and oxygen atoms in total. The molecule has 0 spiro atoms. The maximum Gasteiger partial charge on any atom is 0.119 e. The van der Waals surface area contributed by atoms with Gasteiger partial charge >= 0.3 is 0 Å². The van der Waals surface area contributed by atoms with Crippen molar-refractivity contribution in [1.29, 1.82) is 0 Å². The molecule has 2 aromatic carbocycles. The molecular formula is C17H19NOS. The SMILES string of the molecule is CCCc1ccc(OCc2ccc(C(N)=S)cc2)cc1. The fourth-order valence-electron chi connectivity index (χ4n) is 1.97. The number of benzene rings is 2. The van der Waals surface area contributed by atoms with Crippen molar-refractivity contribution < 1.29 is 4.74 Å². The van der Waals surface area contributed by atoms with E-state index in [2.05, 4.69) is 19.1 Å². The van der Waals surface area contributed by atoms with Gasteiger partial charge in [-0.05, 0) is 29.7 Å². The van der Waals surface area contributed by atoms with E-state index in [0.29, 0.717) is 11.6 Å². The lowest BCUT2D eigenvalue weighted by atomic mass is 10.1. The molecule has 0 radical (unpaired) electrons. The molecule has 2 aromatic rings. The summed E-state index contributed by atoms with van der Waals surface area (Å²) in [6, 6.07) is 16.1. The summed E-state index contributed by atoms with van der Waals surface area (Å²) in [7, 11) is 0. The van der Waals surface area contributed by atoms with Crippen LogP contribution in [0.5, 0.6) is 5.75 Å². The van der Waals surface area contributed by atoms with Gasteiger partial charge < -0.3 is 10.5 Å². The van der Waals surface area contributed by atoms with Gasteiger partial charge in [-0.2, -0.15) is 0 Å². The van der Waals surface area contributed by atoms with E-state index in [1.54, 1.807) is 0 Å².